The van der Waals surface area contributed by atoms with E-state index in [4.69, 9.17) is 9.72 Å². The van der Waals surface area contributed by atoms with Gasteiger partial charge in [-0.2, -0.15) is 0 Å². The minimum Gasteiger partial charge on any atom is -0.478 e. The molecule has 5 rings (SSSR count). The SMILES string of the molecule is O=C(O)c1c(CN2CCN(CC(=O)N3CCOCC3)C(=O)C2)c(-c2cccs2)nc2ccc(F)cc12. The van der Waals surface area contributed by atoms with Gasteiger partial charge in [-0.25, -0.2) is 14.2 Å². The molecule has 2 aromatic heterocycles. The maximum atomic E-state index is 14.1. The number of carboxylic acids is 1. The molecule has 2 fully saturated rings. The molecule has 3 aromatic rings. The third-order valence-corrected chi connectivity index (χ3v) is 7.36. The molecular weight excluding hydrogens is 487 g/mol. The van der Waals surface area contributed by atoms with E-state index in [-0.39, 0.29) is 42.4 Å². The van der Waals surface area contributed by atoms with E-state index in [0.717, 1.165) is 4.88 Å². The van der Waals surface area contributed by atoms with E-state index in [0.29, 0.717) is 56.2 Å². The number of aromatic carboxylic acids is 1. The van der Waals surface area contributed by atoms with Crippen molar-refractivity contribution in [2.24, 2.45) is 0 Å². The number of nitrogens with zero attached hydrogens (tertiary/aromatic N) is 4. The van der Waals surface area contributed by atoms with Gasteiger partial charge in [0.2, 0.25) is 11.8 Å². The van der Waals surface area contributed by atoms with E-state index >= 15 is 0 Å². The lowest BCUT2D eigenvalue weighted by atomic mass is 9.98. The highest BCUT2D eigenvalue weighted by Gasteiger charge is 2.30. The molecule has 0 unspecified atom stereocenters. The highest BCUT2D eigenvalue weighted by atomic mass is 32.1. The molecule has 0 radical (unpaired) electrons. The fourth-order valence-electron chi connectivity index (χ4n) is 4.65. The van der Waals surface area contributed by atoms with E-state index < -0.39 is 11.8 Å². The number of halogens is 1. The number of carbonyl (C=O) groups is 3. The molecule has 1 aromatic carbocycles. The van der Waals surface area contributed by atoms with Crippen molar-refractivity contribution in [3.8, 4) is 10.6 Å². The number of carboxylic acid groups (broad SMARTS) is 1. The predicted molar refractivity (Wildman–Crippen MR) is 131 cm³/mol. The molecule has 0 saturated carbocycles. The number of morpholine rings is 1. The van der Waals surface area contributed by atoms with Crippen LogP contribution in [0.15, 0.2) is 35.7 Å². The van der Waals surface area contributed by atoms with Crippen LogP contribution >= 0.6 is 11.3 Å². The molecule has 0 spiro atoms. The van der Waals surface area contributed by atoms with Gasteiger partial charge in [0.15, 0.2) is 0 Å². The van der Waals surface area contributed by atoms with E-state index in [1.54, 1.807) is 9.80 Å². The highest BCUT2D eigenvalue weighted by molar-refractivity contribution is 7.13. The Morgan fingerprint density at radius 3 is 2.64 bits per heavy atom. The number of ether oxygens (including phenoxy) is 1. The first kappa shape index (κ1) is 24.3. The Bertz CT molecular complexity index is 1310. The van der Waals surface area contributed by atoms with Crippen molar-refractivity contribution < 1.29 is 28.6 Å². The summed E-state index contributed by atoms with van der Waals surface area (Å²) in [5, 5.41) is 12.2. The van der Waals surface area contributed by atoms with Crippen LogP contribution in [0.4, 0.5) is 4.39 Å². The zero-order valence-electron chi connectivity index (χ0n) is 19.5. The predicted octanol–water partition coefficient (Wildman–Crippen LogP) is 2.30. The number of piperazine rings is 1. The summed E-state index contributed by atoms with van der Waals surface area (Å²) in [7, 11) is 0. The van der Waals surface area contributed by atoms with E-state index in [9.17, 15) is 23.9 Å². The normalized spacial score (nSPS) is 17.1. The molecule has 0 aliphatic carbocycles. The van der Waals surface area contributed by atoms with E-state index in [1.165, 1.54) is 29.5 Å². The van der Waals surface area contributed by atoms with Gasteiger partial charge in [0.05, 0.1) is 48.0 Å². The first-order valence-corrected chi connectivity index (χ1v) is 12.5. The quantitative estimate of drug-likeness (QED) is 0.541. The van der Waals surface area contributed by atoms with Crippen molar-refractivity contribution in [3.63, 3.8) is 0 Å². The van der Waals surface area contributed by atoms with Crippen LogP contribution in [0.25, 0.3) is 21.5 Å². The lowest BCUT2D eigenvalue weighted by Crippen LogP contribution is -2.54. The van der Waals surface area contributed by atoms with Crippen LogP contribution in [0.5, 0.6) is 0 Å². The molecule has 188 valence electrons. The van der Waals surface area contributed by atoms with E-state index in [2.05, 4.69) is 0 Å². The van der Waals surface area contributed by atoms with Crippen LogP contribution in [-0.4, -0.2) is 95.1 Å². The van der Waals surface area contributed by atoms with Crippen LogP contribution in [0.1, 0.15) is 15.9 Å². The Morgan fingerprint density at radius 1 is 1.14 bits per heavy atom. The number of benzene rings is 1. The number of aromatic nitrogens is 1. The summed E-state index contributed by atoms with van der Waals surface area (Å²) in [6, 6.07) is 7.64. The topological polar surface area (TPSA) is 103 Å². The zero-order chi connectivity index (χ0) is 25.2. The minimum atomic E-state index is -1.18. The van der Waals surface area contributed by atoms with Crippen molar-refractivity contribution in [2.45, 2.75) is 6.54 Å². The molecule has 2 amide bonds. The highest BCUT2D eigenvalue weighted by Crippen LogP contribution is 2.34. The Balaban J connectivity index is 1.40. The Labute approximate surface area is 210 Å². The Morgan fingerprint density at radius 2 is 1.94 bits per heavy atom. The van der Waals surface area contributed by atoms with Crippen LogP contribution < -0.4 is 0 Å². The maximum absolute atomic E-state index is 14.1. The molecule has 2 aliphatic heterocycles. The molecule has 2 saturated heterocycles. The van der Waals surface area contributed by atoms with Gasteiger partial charge in [-0.05, 0) is 29.6 Å². The zero-order valence-corrected chi connectivity index (χ0v) is 20.3. The summed E-state index contributed by atoms with van der Waals surface area (Å²) < 4.78 is 19.3. The molecule has 11 heteroatoms. The first-order chi connectivity index (χ1) is 17.4. The molecular formula is C25H25FN4O5S. The second kappa shape index (κ2) is 10.3. The fourth-order valence-corrected chi connectivity index (χ4v) is 5.39. The lowest BCUT2D eigenvalue weighted by Gasteiger charge is -2.36. The molecule has 2 aliphatic rings. The van der Waals surface area contributed by atoms with Gasteiger partial charge in [0.1, 0.15) is 5.82 Å². The average Bonchev–Trinajstić information content (AvgIpc) is 3.40. The second-order valence-corrected chi connectivity index (χ2v) is 9.72. The van der Waals surface area contributed by atoms with Gasteiger partial charge in [0.25, 0.3) is 0 Å². The van der Waals surface area contributed by atoms with Crippen molar-refractivity contribution in [2.75, 3.05) is 52.5 Å². The fraction of sp³-hybridized carbons (Fsp3) is 0.360. The summed E-state index contributed by atoms with van der Waals surface area (Å²) in [4.78, 5) is 48.5. The van der Waals surface area contributed by atoms with Gasteiger partial charge < -0.3 is 19.6 Å². The molecule has 1 N–H and O–H groups in total. The van der Waals surface area contributed by atoms with Gasteiger partial charge >= 0.3 is 5.97 Å². The average molecular weight is 513 g/mol. The number of hydrogen-bond acceptors (Lipinski definition) is 7. The summed E-state index contributed by atoms with van der Waals surface area (Å²) in [5.74, 6) is -2.02. The summed E-state index contributed by atoms with van der Waals surface area (Å²) in [6.07, 6.45) is 0. The first-order valence-electron chi connectivity index (χ1n) is 11.7. The third-order valence-electron chi connectivity index (χ3n) is 6.49. The summed E-state index contributed by atoms with van der Waals surface area (Å²) in [6.45, 7) is 3.06. The molecule has 0 bridgehead atoms. The van der Waals surface area contributed by atoms with Gasteiger partial charge in [0, 0.05) is 43.7 Å². The van der Waals surface area contributed by atoms with Crippen LogP contribution in [0.2, 0.25) is 0 Å². The number of rotatable bonds is 6. The standard InChI is InChI=1S/C25H25FN4O5S/c26-16-3-4-19-17(12-16)23(25(33)34)18(24(27-19)20-2-1-11-36-20)13-28-5-6-30(21(31)14-28)15-22(32)29-7-9-35-10-8-29/h1-4,11-12H,5-10,13-15H2,(H,33,34). The number of carbonyl (C=O) groups excluding carboxylic acids is 2. The number of pyridine rings is 1. The molecule has 9 nitrogen and oxygen atoms in total. The molecule has 36 heavy (non-hydrogen) atoms. The second-order valence-electron chi connectivity index (χ2n) is 8.78. The monoisotopic (exact) mass is 512 g/mol. The summed E-state index contributed by atoms with van der Waals surface area (Å²) in [5.41, 5.74) is 1.33. The molecule has 0 atom stereocenters. The largest absolute Gasteiger partial charge is 0.478 e. The van der Waals surface area contributed by atoms with E-state index in [1.807, 2.05) is 22.4 Å². The van der Waals surface area contributed by atoms with Crippen LogP contribution in [0.3, 0.4) is 0 Å². The summed E-state index contributed by atoms with van der Waals surface area (Å²) >= 11 is 1.43. The van der Waals surface area contributed by atoms with Crippen molar-refractivity contribution in [3.05, 3.63) is 52.7 Å². The van der Waals surface area contributed by atoms with Crippen LogP contribution in [0, 0.1) is 5.82 Å². The number of thiophene rings is 1. The van der Waals surface area contributed by atoms with Gasteiger partial charge in [-0.3, -0.25) is 14.5 Å². The number of amides is 2. The Kier molecular flexibility index (Phi) is 6.95. The maximum Gasteiger partial charge on any atom is 0.336 e. The van der Waals surface area contributed by atoms with Gasteiger partial charge in [-0.15, -0.1) is 11.3 Å². The van der Waals surface area contributed by atoms with Crippen molar-refractivity contribution in [1.29, 1.82) is 0 Å². The van der Waals surface area contributed by atoms with Crippen LogP contribution in [-0.2, 0) is 20.9 Å². The minimum absolute atomic E-state index is 0.0136. The smallest absolute Gasteiger partial charge is 0.336 e. The van der Waals surface area contributed by atoms with Crippen molar-refractivity contribution >= 4 is 40.0 Å². The number of fused-ring (bicyclic) bond motifs is 1. The van der Waals surface area contributed by atoms with Gasteiger partial charge in [-0.1, -0.05) is 6.07 Å². The molecule has 4 heterocycles. The Hall–Kier alpha value is -3.41. The number of hydrogen-bond donors (Lipinski definition) is 1. The van der Waals surface area contributed by atoms with Crippen molar-refractivity contribution in [1.82, 2.24) is 19.7 Å². The lowest BCUT2D eigenvalue weighted by molar-refractivity contribution is -0.145. The third kappa shape index (κ3) is 4.95.